The quantitative estimate of drug-likeness (QED) is 0.0309. The monoisotopic (exact) mass is 1060 g/mol. The molecule has 9 rings (SSSR count). The van der Waals surface area contributed by atoms with Crippen LogP contribution in [-0.2, 0) is 69.9 Å². The molecule has 3 aromatic rings. The van der Waals surface area contributed by atoms with E-state index >= 15 is 0 Å². The number of carboxylic acids is 1. The van der Waals surface area contributed by atoms with Crippen LogP contribution in [0.15, 0.2) is 127 Å². The molecule has 1 amide bonds. The van der Waals surface area contributed by atoms with Crippen molar-refractivity contribution in [3.05, 3.63) is 152 Å². The molecule has 6 aliphatic rings. The molecule has 0 unspecified atom stereocenters. The van der Waals surface area contributed by atoms with E-state index in [1.54, 1.807) is 6.92 Å². The number of aldehydes is 1. The third-order valence-corrected chi connectivity index (χ3v) is 12.5. The van der Waals surface area contributed by atoms with E-state index in [-0.39, 0.29) is 95.4 Å². The van der Waals surface area contributed by atoms with Crippen molar-refractivity contribution in [3.63, 3.8) is 0 Å². The molecule has 16 heteroatoms. The molecule has 3 aromatic carbocycles. The minimum Gasteiger partial charge on any atom is -0.480 e. The molecule has 6 bridgehead atoms. The summed E-state index contributed by atoms with van der Waals surface area (Å²) in [6.07, 6.45) is 14.8. The van der Waals surface area contributed by atoms with Gasteiger partial charge < -0.3 is 37.2 Å². The Bertz CT molecular complexity index is 2210. The Balaban J connectivity index is 0.000000242. The summed E-state index contributed by atoms with van der Waals surface area (Å²) in [5.74, 6) is -1.37. The smallest absolute Gasteiger partial charge is 0.411 e. The van der Waals surface area contributed by atoms with Crippen LogP contribution >= 0.6 is 0 Å². The van der Waals surface area contributed by atoms with Crippen LogP contribution in [0.5, 0.6) is 0 Å². The van der Waals surface area contributed by atoms with Gasteiger partial charge in [0.05, 0.1) is 25.9 Å². The zero-order valence-corrected chi connectivity index (χ0v) is 42.4. The number of benzene rings is 3. The van der Waals surface area contributed by atoms with Crippen molar-refractivity contribution in [2.75, 3.05) is 19.8 Å². The molecule has 0 saturated carbocycles. The van der Waals surface area contributed by atoms with Crippen LogP contribution in [0.25, 0.3) is 0 Å². The predicted molar refractivity (Wildman–Crippen MR) is 262 cm³/mol. The normalized spacial score (nSPS) is 24.9. The van der Waals surface area contributed by atoms with Gasteiger partial charge >= 0.3 is 30.0 Å². The SMILES string of the molecule is CCOC(=O)C=O.CCOC(=O)[C@@H]1[C@H]2C=C[C@H](C2)N1[C@H](C)c1ccccc1.CCOC(=O)[C@H]1N[C@@H]2C=C[C@H]1C2.C[C@@H](N)c1ccccc1.O=C(O)[C@@H]1[C@H]2C=C[C@H](C2)N1C(=O)OCc1ccccc1.[CH3-].[Pd]. The van der Waals surface area contributed by atoms with Crippen molar-refractivity contribution in [1.29, 1.82) is 0 Å². The molecule has 3 aliphatic heterocycles. The van der Waals surface area contributed by atoms with Gasteiger partial charge in [-0.25, -0.2) is 14.4 Å². The number of esters is 3. The predicted octanol–water partition coefficient (Wildman–Crippen LogP) is 7.34. The molecule has 382 valence electrons. The van der Waals surface area contributed by atoms with E-state index in [9.17, 15) is 33.9 Å². The van der Waals surface area contributed by atoms with Crippen LogP contribution in [0.3, 0.4) is 0 Å². The number of carbonyl (C=O) groups excluding carboxylic acids is 5. The van der Waals surface area contributed by atoms with Crippen LogP contribution in [0.1, 0.15) is 82.7 Å². The number of rotatable bonds is 12. The first-order chi connectivity index (χ1) is 32.8. The zero-order chi connectivity index (χ0) is 49.2. The second kappa shape index (κ2) is 29.4. The molecule has 0 spiro atoms. The maximum Gasteiger partial charge on any atom is 0.411 e. The molecule has 11 atom stereocenters. The number of aliphatic carboxylic acids is 1. The van der Waals surface area contributed by atoms with Crippen molar-refractivity contribution in [1.82, 2.24) is 15.1 Å². The molecular weight excluding hydrogens is 987 g/mol. The molecule has 4 N–H and O–H groups in total. The summed E-state index contributed by atoms with van der Waals surface area (Å²) >= 11 is 0. The van der Waals surface area contributed by atoms with Crippen molar-refractivity contribution in [2.45, 2.75) is 109 Å². The first-order valence-corrected chi connectivity index (χ1v) is 23.4. The van der Waals surface area contributed by atoms with Crippen molar-refractivity contribution >= 4 is 36.3 Å². The standard InChI is InChI=1S/C17H21NO2.C15H15NO4.C9H13NO2.C8H11N.C4H6O3.CH3.Pd/c1-3-20-17(19)16-14-9-10-15(11-14)18(16)12(2)13-7-5-4-6-8-13;17-14(18)13-11-6-7-12(8-11)16(13)15(19)20-9-10-4-2-1-3-5-10;1-2-12-9(11)8-6-3-4-7(5-6)10-8;1-7(9)8-5-3-2-4-6-8;1-2-7-4(6)3-5;;/h4-10,12,14-16H,3,11H2,1-2H3;1-7,11-13H,8-9H2,(H,17,18);3-4,6-8,10H,2,5H2,1H3;2-7H,9H2,1H3;3H,2H2,1H3;1H3;/q;;;;;-1;/t12-,14+,15-,16+;11-,12+,13-;6-,7+,8-;7-;;;/m1001.../s1. The van der Waals surface area contributed by atoms with Gasteiger partial charge in [-0.05, 0) is 70.6 Å². The number of carbonyl (C=O) groups is 6. The number of amides is 1. The minimum absolute atomic E-state index is 0. The number of carboxylic acid groups (broad SMARTS) is 1. The summed E-state index contributed by atoms with van der Waals surface area (Å²) in [6, 6.07) is 29.8. The maximum atomic E-state index is 12.3. The van der Waals surface area contributed by atoms with Gasteiger partial charge in [0.1, 0.15) is 24.7 Å². The largest absolute Gasteiger partial charge is 0.480 e. The summed E-state index contributed by atoms with van der Waals surface area (Å²) in [6.45, 7) is 10.8. The van der Waals surface area contributed by atoms with Gasteiger partial charge in [0.2, 0.25) is 6.29 Å². The van der Waals surface area contributed by atoms with E-state index < -0.39 is 24.1 Å². The molecule has 15 nitrogen and oxygen atoms in total. The Morgan fingerprint density at radius 1 is 0.671 bits per heavy atom. The van der Waals surface area contributed by atoms with Gasteiger partial charge in [-0.3, -0.25) is 29.5 Å². The van der Waals surface area contributed by atoms with Gasteiger partial charge in [0.15, 0.2) is 0 Å². The average molecular weight is 1060 g/mol. The summed E-state index contributed by atoms with van der Waals surface area (Å²) in [5.41, 5.74) is 8.94. The summed E-state index contributed by atoms with van der Waals surface area (Å²) < 4.78 is 19.6. The van der Waals surface area contributed by atoms with Crippen molar-refractivity contribution in [2.24, 2.45) is 23.5 Å². The second-order valence-electron chi connectivity index (χ2n) is 17.0. The van der Waals surface area contributed by atoms with Crippen molar-refractivity contribution in [3.8, 4) is 0 Å². The Labute approximate surface area is 426 Å². The van der Waals surface area contributed by atoms with Crippen LogP contribution in [-0.4, -0.2) is 107 Å². The second-order valence-corrected chi connectivity index (χ2v) is 17.0. The molecule has 0 aromatic heterocycles. The summed E-state index contributed by atoms with van der Waals surface area (Å²) in [7, 11) is 0. The number of nitrogens with two attached hydrogens (primary N) is 1. The number of likely N-dealkylation sites (tertiary alicyclic amines) is 2. The Kier molecular flexibility index (Phi) is 24.6. The third-order valence-electron chi connectivity index (χ3n) is 12.5. The van der Waals surface area contributed by atoms with Gasteiger partial charge in [-0.1, -0.05) is 127 Å². The van der Waals surface area contributed by atoms with E-state index in [4.69, 9.17) is 19.9 Å². The van der Waals surface area contributed by atoms with E-state index in [0.717, 1.165) is 18.4 Å². The number of hydrogen-bond donors (Lipinski definition) is 3. The zero-order valence-electron chi connectivity index (χ0n) is 40.8. The first-order valence-electron chi connectivity index (χ1n) is 23.4. The molecule has 3 fully saturated rings. The van der Waals surface area contributed by atoms with E-state index in [1.807, 2.05) is 99.7 Å². The number of hydrogen-bond acceptors (Lipinski definition) is 13. The molecule has 3 aliphatic carbocycles. The molecule has 3 saturated heterocycles. The summed E-state index contributed by atoms with van der Waals surface area (Å²) in [5, 5.41) is 12.5. The first kappa shape index (κ1) is 58.6. The third kappa shape index (κ3) is 15.9. The van der Waals surface area contributed by atoms with Crippen LogP contribution in [0.2, 0.25) is 0 Å². The average Bonchev–Trinajstić information content (AvgIpc) is 4.25. The van der Waals surface area contributed by atoms with E-state index in [2.05, 4.69) is 70.4 Å². The van der Waals surface area contributed by atoms with Crippen LogP contribution in [0.4, 0.5) is 4.79 Å². The Hall–Kier alpha value is -5.76. The maximum absolute atomic E-state index is 12.3. The topological polar surface area (TPSA) is 204 Å². The fourth-order valence-corrected chi connectivity index (χ4v) is 9.31. The number of nitrogens with zero attached hydrogens (tertiary/aromatic N) is 2. The van der Waals surface area contributed by atoms with Gasteiger partial charge in [0, 0.05) is 62.3 Å². The van der Waals surface area contributed by atoms with Crippen LogP contribution in [0, 0.1) is 25.2 Å². The molecule has 3 heterocycles. The summed E-state index contributed by atoms with van der Waals surface area (Å²) in [4.78, 5) is 69.9. The van der Waals surface area contributed by atoms with Gasteiger partial charge in [-0.15, -0.1) is 0 Å². The Morgan fingerprint density at radius 2 is 1.19 bits per heavy atom. The van der Waals surface area contributed by atoms with E-state index in [1.165, 1.54) is 16.0 Å². The van der Waals surface area contributed by atoms with Gasteiger partial charge in [-0.2, -0.15) is 0 Å². The van der Waals surface area contributed by atoms with Crippen molar-refractivity contribution < 1.29 is 73.2 Å². The number of nitrogens with one attached hydrogen (secondary N) is 1. The molecular formula is C54H69N4O11Pd-. The molecule has 70 heavy (non-hydrogen) atoms. The minimum atomic E-state index is -0.974. The Morgan fingerprint density at radius 3 is 1.67 bits per heavy atom. The van der Waals surface area contributed by atoms with Crippen LogP contribution < -0.4 is 11.1 Å². The van der Waals surface area contributed by atoms with E-state index in [0.29, 0.717) is 43.6 Å². The fourth-order valence-electron chi connectivity index (χ4n) is 9.31. The fraction of sp³-hybridized carbons (Fsp3) is 0.426. The number of fused-ring (bicyclic) bond motifs is 6. The number of ether oxygens (including phenoxy) is 4. The van der Waals surface area contributed by atoms with Gasteiger partial charge in [0.25, 0.3) is 0 Å². The molecule has 0 radical (unpaired) electrons.